The molecule has 0 atom stereocenters. The summed E-state index contributed by atoms with van der Waals surface area (Å²) in [5, 5.41) is 5.44. The first-order valence-corrected chi connectivity index (χ1v) is 10.2. The molecule has 0 bridgehead atoms. The first-order valence-electron chi connectivity index (χ1n) is 10.2. The summed E-state index contributed by atoms with van der Waals surface area (Å²) in [6.45, 7) is 1.86. The topological polar surface area (TPSA) is 118 Å². The number of para-hydroxylation sites is 1. The highest BCUT2D eigenvalue weighted by atomic mass is 19.1. The third kappa shape index (κ3) is 3.91. The summed E-state index contributed by atoms with van der Waals surface area (Å²) in [6.07, 6.45) is 0. The minimum absolute atomic E-state index is 0.0333. The zero-order chi connectivity index (χ0) is 22.9. The fourth-order valence-corrected chi connectivity index (χ4v) is 3.55. The average molecular weight is 441 g/mol. The molecule has 5 rings (SSSR count). The van der Waals surface area contributed by atoms with Gasteiger partial charge in [0.1, 0.15) is 24.1 Å². The van der Waals surface area contributed by atoms with E-state index in [2.05, 4.69) is 15.1 Å². The summed E-state index contributed by atoms with van der Waals surface area (Å²) in [5.41, 5.74) is 14.9. The van der Waals surface area contributed by atoms with Crippen molar-refractivity contribution in [2.24, 2.45) is 0 Å². The Morgan fingerprint density at radius 3 is 2.33 bits per heavy atom. The molecule has 0 spiro atoms. The van der Waals surface area contributed by atoms with Crippen LogP contribution in [0.25, 0.3) is 28.1 Å². The third-order valence-electron chi connectivity index (χ3n) is 5.14. The van der Waals surface area contributed by atoms with Gasteiger partial charge in [-0.2, -0.15) is 10.1 Å². The monoisotopic (exact) mass is 441 g/mol. The summed E-state index contributed by atoms with van der Waals surface area (Å²) in [4.78, 5) is 13.4. The number of ether oxygens (including phenoxy) is 1. The van der Waals surface area contributed by atoms with Gasteiger partial charge in [-0.1, -0.05) is 36.4 Å². The number of hydrogen-bond acceptors (Lipinski definition) is 7. The maximum absolute atomic E-state index is 14.2. The molecule has 0 aliphatic heterocycles. The highest BCUT2D eigenvalue weighted by Gasteiger charge is 2.20. The molecule has 0 aliphatic rings. The predicted molar refractivity (Wildman–Crippen MR) is 124 cm³/mol. The lowest BCUT2D eigenvalue weighted by molar-refractivity contribution is 0.290. The average Bonchev–Trinajstić information content (AvgIpc) is 3.13. The minimum Gasteiger partial charge on any atom is -0.472 e. The Labute approximate surface area is 188 Å². The minimum atomic E-state index is -0.366. The van der Waals surface area contributed by atoms with Crippen molar-refractivity contribution in [1.82, 2.24) is 24.7 Å². The van der Waals surface area contributed by atoms with Crippen LogP contribution in [0, 0.1) is 12.7 Å². The number of nitrogens with two attached hydrogens (primary N) is 2. The van der Waals surface area contributed by atoms with Crippen molar-refractivity contribution in [3.8, 4) is 23.0 Å². The molecule has 0 amide bonds. The molecule has 0 saturated carbocycles. The van der Waals surface area contributed by atoms with Gasteiger partial charge in [0.25, 0.3) is 0 Å². The summed E-state index contributed by atoms with van der Waals surface area (Å²) in [5.74, 6) is 0.545. The van der Waals surface area contributed by atoms with Crippen LogP contribution in [0.4, 0.5) is 16.0 Å². The normalized spacial score (nSPS) is 11.1. The molecule has 0 fully saturated rings. The number of nitrogen functional groups attached to an aromatic ring is 2. The highest BCUT2D eigenvalue weighted by molar-refractivity contribution is 5.86. The van der Waals surface area contributed by atoms with Crippen molar-refractivity contribution in [2.75, 3.05) is 11.5 Å². The number of benzene rings is 2. The van der Waals surface area contributed by atoms with Gasteiger partial charge >= 0.3 is 0 Å². The standard InChI is InChI=1S/C24H20FN7O/c1-14-17-11-18(22-28-20(26)12-21(27)29-22)24(33-13-15-7-5-6-10-19(15)25)30-23(17)32(31-14)16-8-3-2-4-9-16/h2-12H,13H2,1H3,(H4,26,27,28,29). The van der Waals surface area contributed by atoms with Gasteiger partial charge in [-0.3, -0.25) is 0 Å². The van der Waals surface area contributed by atoms with Gasteiger partial charge in [-0.15, -0.1) is 0 Å². The number of halogens is 1. The Balaban J connectivity index is 1.69. The van der Waals surface area contributed by atoms with E-state index in [4.69, 9.17) is 21.2 Å². The van der Waals surface area contributed by atoms with E-state index in [1.807, 2.05) is 43.3 Å². The molecule has 0 radical (unpaired) electrons. The Hall–Kier alpha value is -4.53. The summed E-state index contributed by atoms with van der Waals surface area (Å²) >= 11 is 0. The van der Waals surface area contributed by atoms with E-state index >= 15 is 0 Å². The zero-order valence-electron chi connectivity index (χ0n) is 17.7. The lowest BCUT2D eigenvalue weighted by atomic mass is 10.1. The molecule has 164 valence electrons. The van der Waals surface area contributed by atoms with E-state index in [1.54, 1.807) is 22.9 Å². The number of aromatic nitrogens is 5. The Bertz CT molecular complexity index is 1450. The highest BCUT2D eigenvalue weighted by Crippen LogP contribution is 2.33. The maximum atomic E-state index is 14.2. The van der Waals surface area contributed by atoms with E-state index < -0.39 is 0 Å². The number of nitrogens with zero attached hydrogens (tertiary/aromatic N) is 5. The summed E-state index contributed by atoms with van der Waals surface area (Å²) < 4.78 is 21.9. The molecule has 0 saturated heterocycles. The van der Waals surface area contributed by atoms with Gasteiger partial charge in [-0.05, 0) is 31.2 Å². The SMILES string of the molecule is Cc1nn(-c2ccccc2)c2nc(OCc3ccccc3F)c(-c3nc(N)cc(N)n3)cc12. The summed E-state index contributed by atoms with van der Waals surface area (Å²) in [6, 6.07) is 19.4. The number of anilines is 2. The Morgan fingerprint density at radius 2 is 1.61 bits per heavy atom. The largest absolute Gasteiger partial charge is 0.472 e. The number of rotatable bonds is 5. The smallest absolute Gasteiger partial charge is 0.227 e. The molecular weight excluding hydrogens is 421 g/mol. The van der Waals surface area contributed by atoms with Crippen molar-refractivity contribution in [2.45, 2.75) is 13.5 Å². The van der Waals surface area contributed by atoms with Crippen LogP contribution in [0.3, 0.4) is 0 Å². The lowest BCUT2D eigenvalue weighted by Gasteiger charge is -2.12. The van der Waals surface area contributed by atoms with Crippen molar-refractivity contribution < 1.29 is 9.13 Å². The van der Waals surface area contributed by atoms with Gasteiger partial charge < -0.3 is 16.2 Å². The number of hydrogen-bond donors (Lipinski definition) is 2. The van der Waals surface area contributed by atoms with Crippen LogP contribution in [0.5, 0.6) is 5.88 Å². The van der Waals surface area contributed by atoms with Crippen LogP contribution in [-0.2, 0) is 6.61 Å². The molecule has 3 heterocycles. The van der Waals surface area contributed by atoms with Crippen LogP contribution >= 0.6 is 0 Å². The van der Waals surface area contributed by atoms with Crippen LogP contribution in [0.2, 0.25) is 0 Å². The third-order valence-corrected chi connectivity index (χ3v) is 5.14. The van der Waals surface area contributed by atoms with Gasteiger partial charge in [0, 0.05) is 17.0 Å². The molecule has 0 aliphatic carbocycles. The second-order valence-electron chi connectivity index (χ2n) is 7.47. The first kappa shape index (κ1) is 20.4. The molecule has 2 aromatic carbocycles. The Kier molecular flexibility index (Phi) is 5.06. The van der Waals surface area contributed by atoms with E-state index in [1.165, 1.54) is 12.1 Å². The fourth-order valence-electron chi connectivity index (χ4n) is 3.55. The Morgan fingerprint density at radius 1 is 0.909 bits per heavy atom. The first-order chi connectivity index (χ1) is 16.0. The predicted octanol–water partition coefficient (Wildman–Crippen LogP) is 4.07. The van der Waals surface area contributed by atoms with Gasteiger partial charge in [0.15, 0.2) is 11.5 Å². The quantitative estimate of drug-likeness (QED) is 0.422. The molecule has 8 nitrogen and oxygen atoms in total. The van der Waals surface area contributed by atoms with Gasteiger partial charge in [0.05, 0.1) is 16.9 Å². The second-order valence-corrected chi connectivity index (χ2v) is 7.47. The van der Waals surface area contributed by atoms with Gasteiger partial charge in [-0.25, -0.2) is 19.0 Å². The van der Waals surface area contributed by atoms with Crippen molar-refractivity contribution in [1.29, 1.82) is 0 Å². The van der Waals surface area contributed by atoms with Crippen LogP contribution in [0.15, 0.2) is 66.7 Å². The van der Waals surface area contributed by atoms with Crippen molar-refractivity contribution >= 4 is 22.7 Å². The van der Waals surface area contributed by atoms with Crippen molar-refractivity contribution in [3.05, 3.63) is 83.8 Å². The van der Waals surface area contributed by atoms with E-state index in [0.29, 0.717) is 16.8 Å². The number of pyridine rings is 1. The maximum Gasteiger partial charge on any atom is 0.227 e. The molecule has 0 unspecified atom stereocenters. The van der Waals surface area contributed by atoms with E-state index in [-0.39, 0.29) is 35.8 Å². The fraction of sp³-hybridized carbons (Fsp3) is 0.0833. The summed E-state index contributed by atoms with van der Waals surface area (Å²) in [7, 11) is 0. The van der Waals surface area contributed by atoms with E-state index in [9.17, 15) is 4.39 Å². The van der Waals surface area contributed by atoms with Crippen LogP contribution in [-0.4, -0.2) is 24.7 Å². The van der Waals surface area contributed by atoms with E-state index in [0.717, 1.165) is 16.8 Å². The molecular formula is C24H20FN7O. The molecule has 5 aromatic rings. The molecule has 33 heavy (non-hydrogen) atoms. The number of fused-ring (bicyclic) bond motifs is 1. The second kappa shape index (κ2) is 8.19. The van der Waals surface area contributed by atoms with Crippen molar-refractivity contribution in [3.63, 3.8) is 0 Å². The zero-order valence-corrected chi connectivity index (χ0v) is 17.7. The van der Waals surface area contributed by atoms with Crippen LogP contribution < -0.4 is 16.2 Å². The molecule has 9 heteroatoms. The van der Waals surface area contributed by atoms with Crippen LogP contribution in [0.1, 0.15) is 11.3 Å². The molecule has 3 aromatic heterocycles. The molecule has 4 N–H and O–H groups in total. The number of aryl methyl sites for hydroxylation is 1. The lowest BCUT2D eigenvalue weighted by Crippen LogP contribution is -2.05. The van der Waals surface area contributed by atoms with Gasteiger partial charge in [0.2, 0.25) is 5.88 Å².